The van der Waals surface area contributed by atoms with Gasteiger partial charge >= 0.3 is 0 Å². The van der Waals surface area contributed by atoms with Crippen LogP contribution in [-0.4, -0.2) is 346 Å². The summed E-state index contributed by atoms with van der Waals surface area (Å²) in [6, 6.07) is 0. The Balaban J connectivity index is 2.18. The van der Waals surface area contributed by atoms with Crippen LogP contribution in [0, 0.1) is 16.2 Å². The van der Waals surface area contributed by atoms with E-state index in [1.807, 2.05) is 25.7 Å². The lowest BCUT2D eigenvalue weighted by molar-refractivity contribution is -0.132. The second-order valence-corrected chi connectivity index (χ2v) is 46.7. The van der Waals surface area contributed by atoms with Crippen molar-refractivity contribution < 1.29 is 95.5 Å². The van der Waals surface area contributed by atoms with E-state index in [-0.39, 0.29) is 336 Å². The number of nitrogens with zero attached hydrogens (tertiary/aromatic N) is 5. The van der Waals surface area contributed by atoms with Crippen LogP contribution in [0.15, 0.2) is 0 Å². The highest BCUT2D eigenvalue weighted by Gasteiger charge is 2.37. The summed E-state index contributed by atoms with van der Waals surface area (Å²) in [7, 11) is 0. The smallest absolute Gasteiger partial charge is 0.232 e. The van der Waals surface area contributed by atoms with Gasteiger partial charge in [0, 0.05) is 222 Å². The molecule has 0 radical (unpaired) electrons. The number of carbonyl (C=O) groups excluding carboxylic acids is 14. The standard InChI is InChI=1S/C107H201N23O20/c1-99(2,3)48-22-24-50-108-87(136)42-70-145-76-106(78-147-72-44-89(138)112-54-30-58-120-102(10,11)12,79-148-73-45-90(139)113-55-31-59-121-103(13,14)15)127-93(142)37-27-35-83(132)110-52-29-53-111-85(134)40-62-118-96-124-97(126-98(125-96)130-68-66-129(67-69-130)95(144)39-26-34-82(131)101(7,8)9)119-63-41-86(135)117-65-64-116-84(133)36-28-38-94(143)128-107(77-146-71-43-88(137)109-51-25-23-49-100(4,5)6,80-149-74-46-91(140)114-56-32-60-122-104(16,17)18)81-150-75-47-92(141)115-57-33-61-123-105(19,20)21/h120-123H,22-81H2,1-21H3,(H,108,136)(H,109,137)(H,110,132)(H,111,134)(H,112,138)(H,113,139)(H,114,140)(H,115,141)(H,116,133)(H,117,135)(H,127,142)(H,128,143)(H2,118,119,124,125,126). The van der Waals surface area contributed by atoms with E-state index in [0.29, 0.717) is 97.8 Å². The van der Waals surface area contributed by atoms with E-state index in [1.54, 1.807) is 4.90 Å². The maximum atomic E-state index is 14.0. The van der Waals surface area contributed by atoms with Gasteiger partial charge < -0.3 is 134 Å². The van der Waals surface area contributed by atoms with E-state index < -0.39 is 28.3 Å². The molecule has 1 aromatic heterocycles. The number of anilines is 3. The number of Topliss-reactive ketones (excluding diaryl/α,β-unsaturated/α-hetero) is 1. The van der Waals surface area contributed by atoms with Crippen molar-refractivity contribution in [2.45, 2.75) is 358 Å². The first-order valence-electron chi connectivity index (χ1n) is 55.1. The highest BCUT2D eigenvalue weighted by molar-refractivity contribution is 5.85. The van der Waals surface area contributed by atoms with Gasteiger partial charge in [-0.1, -0.05) is 75.2 Å². The number of rotatable bonds is 84. The van der Waals surface area contributed by atoms with E-state index in [0.717, 1.165) is 77.3 Å². The van der Waals surface area contributed by atoms with Crippen molar-refractivity contribution in [2.75, 3.05) is 226 Å². The van der Waals surface area contributed by atoms with Gasteiger partial charge in [-0.25, -0.2) is 0 Å². The number of nitrogens with one attached hydrogen (secondary N) is 18. The summed E-state index contributed by atoms with van der Waals surface area (Å²) < 4.78 is 36.8. The summed E-state index contributed by atoms with van der Waals surface area (Å²) in [5, 5.41) is 54.9. The Morgan fingerprint density at radius 3 is 0.767 bits per heavy atom. The zero-order valence-electron chi connectivity index (χ0n) is 95.8. The number of aromatic nitrogens is 3. The van der Waals surface area contributed by atoms with Crippen molar-refractivity contribution in [1.82, 2.24) is 105 Å². The Hall–Kier alpha value is -9.21. The Morgan fingerprint density at radius 2 is 0.493 bits per heavy atom. The quantitative estimate of drug-likeness (QED) is 0.0309. The topological polar surface area (TPSA) is 556 Å². The Bertz CT molecular complexity index is 3840. The molecule has 13 amide bonds. The van der Waals surface area contributed by atoms with Gasteiger partial charge in [-0.3, -0.25) is 67.1 Å². The van der Waals surface area contributed by atoms with Gasteiger partial charge in [0.25, 0.3) is 0 Å². The third kappa shape index (κ3) is 78.0. The van der Waals surface area contributed by atoms with Crippen LogP contribution < -0.4 is 101 Å². The molecule has 0 aliphatic carbocycles. The molecule has 150 heavy (non-hydrogen) atoms. The van der Waals surface area contributed by atoms with Gasteiger partial charge in [-0.2, -0.15) is 15.0 Å². The number of hydrogen-bond acceptors (Lipinski definition) is 30. The number of amides is 13. The average molecular weight is 2130 g/mol. The van der Waals surface area contributed by atoms with Gasteiger partial charge in [0.2, 0.25) is 94.6 Å². The number of unbranched alkanes of at least 4 members (excludes halogenated alkanes) is 2. The second-order valence-electron chi connectivity index (χ2n) is 46.7. The molecule has 2 rings (SSSR count). The molecule has 43 heteroatoms. The van der Waals surface area contributed by atoms with Crippen LogP contribution in [0.5, 0.6) is 0 Å². The number of piperazine rings is 1. The molecule has 0 unspecified atom stereocenters. The van der Waals surface area contributed by atoms with Crippen LogP contribution in [-0.2, 0) is 95.5 Å². The van der Waals surface area contributed by atoms with Gasteiger partial charge in [-0.05, 0) is 197 Å². The fraction of sp³-hybridized carbons (Fsp3) is 0.841. The number of hydrogen-bond donors (Lipinski definition) is 18. The van der Waals surface area contributed by atoms with Gasteiger partial charge in [0.05, 0.1) is 79.3 Å². The maximum absolute atomic E-state index is 14.0. The molecule has 0 atom stereocenters. The average Bonchev–Trinajstić information content (AvgIpc) is 0.823. The third-order valence-electron chi connectivity index (χ3n) is 23.4. The number of ether oxygens (including phenoxy) is 6. The Kier molecular flexibility index (Phi) is 68.9. The first-order chi connectivity index (χ1) is 70.5. The maximum Gasteiger partial charge on any atom is 0.232 e. The third-order valence-corrected chi connectivity index (χ3v) is 23.4. The van der Waals surface area contributed by atoms with Gasteiger partial charge in [0.1, 0.15) is 16.9 Å². The van der Waals surface area contributed by atoms with Crippen molar-refractivity contribution in [2.24, 2.45) is 16.2 Å². The largest absolute Gasteiger partial charge is 0.378 e. The fourth-order valence-electron chi connectivity index (χ4n) is 14.9. The van der Waals surface area contributed by atoms with E-state index >= 15 is 0 Å². The summed E-state index contributed by atoms with van der Waals surface area (Å²) in [4.78, 5) is 202. The lowest BCUT2D eigenvalue weighted by Gasteiger charge is -2.35. The van der Waals surface area contributed by atoms with E-state index in [4.69, 9.17) is 33.4 Å². The minimum absolute atomic E-state index is 0.00184. The Morgan fingerprint density at radius 1 is 0.247 bits per heavy atom. The molecule has 0 spiro atoms. The molecule has 864 valence electrons. The first kappa shape index (κ1) is 137. The molecule has 0 saturated carbocycles. The number of carbonyl (C=O) groups is 14. The van der Waals surface area contributed by atoms with Gasteiger partial charge in [0.15, 0.2) is 0 Å². The lowest BCUT2D eigenvalue weighted by atomic mass is 9.88. The van der Waals surface area contributed by atoms with Crippen LogP contribution in [0.1, 0.15) is 325 Å². The summed E-state index contributed by atoms with van der Waals surface area (Å²) in [6.45, 7) is 50.5. The molecule has 1 aliphatic rings. The van der Waals surface area contributed by atoms with Crippen LogP contribution in [0.4, 0.5) is 17.8 Å². The van der Waals surface area contributed by atoms with Crippen LogP contribution >= 0.6 is 0 Å². The van der Waals surface area contributed by atoms with E-state index in [2.05, 4.69) is 230 Å². The lowest BCUT2D eigenvalue weighted by Crippen LogP contribution is -2.58. The molecular weight excluding hydrogens is 1930 g/mol. The van der Waals surface area contributed by atoms with Crippen molar-refractivity contribution in [3.63, 3.8) is 0 Å². The molecular formula is C107H201N23O20. The first-order valence-corrected chi connectivity index (χ1v) is 55.1. The zero-order valence-corrected chi connectivity index (χ0v) is 95.8. The summed E-state index contributed by atoms with van der Waals surface area (Å²) in [5.41, 5.74) is -3.11. The van der Waals surface area contributed by atoms with Gasteiger partial charge in [-0.15, -0.1) is 0 Å². The molecule has 2 heterocycles. The highest BCUT2D eigenvalue weighted by Crippen LogP contribution is 2.25. The summed E-state index contributed by atoms with van der Waals surface area (Å²) in [5.74, 6) is -2.93. The highest BCUT2D eigenvalue weighted by atomic mass is 16.5. The predicted octanol–water partition coefficient (Wildman–Crippen LogP) is 6.50. The summed E-state index contributed by atoms with van der Waals surface area (Å²) >= 11 is 0. The van der Waals surface area contributed by atoms with E-state index in [9.17, 15) is 67.1 Å². The van der Waals surface area contributed by atoms with Crippen molar-refractivity contribution in [1.29, 1.82) is 0 Å². The normalized spacial score (nSPS) is 12.8. The van der Waals surface area contributed by atoms with Crippen LogP contribution in [0.25, 0.3) is 0 Å². The van der Waals surface area contributed by atoms with Crippen LogP contribution in [0.3, 0.4) is 0 Å². The molecule has 1 fully saturated rings. The fourth-order valence-corrected chi connectivity index (χ4v) is 14.9. The minimum atomic E-state index is -1.36. The van der Waals surface area contributed by atoms with E-state index in [1.165, 1.54) is 0 Å². The zero-order chi connectivity index (χ0) is 112. The Labute approximate surface area is 896 Å². The number of ketones is 1. The monoisotopic (exact) mass is 2130 g/mol. The molecule has 1 aromatic rings. The molecule has 0 aromatic carbocycles. The van der Waals surface area contributed by atoms with Crippen LogP contribution in [0.2, 0.25) is 0 Å². The predicted molar refractivity (Wildman–Crippen MR) is 586 cm³/mol. The summed E-state index contributed by atoms with van der Waals surface area (Å²) in [6.07, 6.45) is 10.1. The molecule has 0 bridgehead atoms. The molecule has 18 N–H and O–H groups in total. The van der Waals surface area contributed by atoms with Crippen molar-refractivity contribution in [3.8, 4) is 0 Å². The van der Waals surface area contributed by atoms with Crippen molar-refractivity contribution >= 4 is 100 Å². The minimum Gasteiger partial charge on any atom is -0.378 e. The SMILES string of the molecule is CC(C)(C)CCCCNC(=O)CCOCC(COCCC(=O)NCCCNC(C)(C)C)(COCCC(=O)NCCCNC(C)(C)C)NC(=O)CCCC(=O)NCCCNC(=O)CCNc1nc(NCCC(=O)NCCNC(=O)CCCC(=O)NC(COCCC(=O)NCCCCC(C)(C)C)(COCCC(=O)NCCCNC(C)(C)C)COCCC(=O)NCCCNC(C)(C)C)nc(N2CCN(C(=O)CCCC(=O)C(C)(C)C)CC2)n1. The molecule has 1 saturated heterocycles. The second kappa shape index (κ2) is 75.6. The molecule has 1 aliphatic heterocycles. The molecule has 43 nitrogen and oxygen atoms in total. The van der Waals surface area contributed by atoms with Crippen molar-refractivity contribution in [3.05, 3.63) is 0 Å².